The first-order valence-corrected chi connectivity index (χ1v) is 12.5. The highest BCUT2D eigenvalue weighted by molar-refractivity contribution is 6.28. The number of benzene rings is 3. The number of carboxylic acid groups (broad SMARTS) is 2. The second-order valence-corrected chi connectivity index (χ2v) is 11.4. The van der Waals surface area contributed by atoms with Crippen LogP contribution in [0.15, 0.2) is 72.8 Å². The number of hydrogen-bond donors (Lipinski definition) is 3. The molecule has 6 nitrogen and oxygen atoms in total. The molecule has 2 atom stereocenters. The molecule has 3 N–H and O–H groups in total. The summed E-state index contributed by atoms with van der Waals surface area (Å²) in [6.45, 7) is 5.78. The van der Waals surface area contributed by atoms with Crippen molar-refractivity contribution in [3.8, 4) is 11.5 Å². The van der Waals surface area contributed by atoms with Gasteiger partial charge in [0.25, 0.3) is 0 Å². The van der Waals surface area contributed by atoms with E-state index in [1.807, 2.05) is 45.0 Å². The van der Waals surface area contributed by atoms with Crippen LogP contribution in [0, 0.1) is 0 Å². The van der Waals surface area contributed by atoms with E-state index in [1.54, 1.807) is 48.5 Å². The number of aliphatic hydroxyl groups excluding tert-OH is 1. The summed E-state index contributed by atoms with van der Waals surface area (Å²) in [5, 5.41) is 28.7. The Kier molecular flexibility index (Phi) is 7.82. The molecule has 2 unspecified atom stereocenters. The van der Waals surface area contributed by atoms with E-state index in [0.29, 0.717) is 28.2 Å². The van der Waals surface area contributed by atoms with Gasteiger partial charge >= 0.3 is 11.9 Å². The highest BCUT2D eigenvalue weighted by Gasteiger charge is 2.46. The third kappa shape index (κ3) is 5.47. The molecule has 7 heteroatoms. The van der Waals surface area contributed by atoms with Crippen LogP contribution in [0.2, 0.25) is 0 Å². The van der Waals surface area contributed by atoms with Crippen molar-refractivity contribution in [1.29, 1.82) is 0 Å². The summed E-state index contributed by atoms with van der Waals surface area (Å²) in [6, 6.07) is 21.4. The van der Waals surface area contributed by atoms with Crippen LogP contribution in [0.1, 0.15) is 55.4 Å². The minimum atomic E-state index is -1.37. The maximum Gasteiger partial charge on any atom is 0.310 e. The molecule has 184 valence electrons. The van der Waals surface area contributed by atoms with Crippen molar-refractivity contribution in [3.63, 3.8) is 0 Å². The Balaban J connectivity index is 2.29. The lowest BCUT2D eigenvalue weighted by Gasteiger charge is -2.38. The van der Waals surface area contributed by atoms with Gasteiger partial charge in [0.15, 0.2) is 0 Å². The molecule has 0 saturated carbocycles. The van der Waals surface area contributed by atoms with Crippen LogP contribution in [0.4, 0.5) is 0 Å². The SMILES string of the molecule is CC(C)(C)c1c(Oc2ccccc2CO)cccc1C(CC(=O)O)C([SiH3])(C(=O)O)c1ccccc1. The van der Waals surface area contributed by atoms with Crippen LogP contribution in [0.25, 0.3) is 0 Å². The van der Waals surface area contributed by atoms with Gasteiger partial charge in [0.05, 0.1) is 18.1 Å². The number of aliphatic carboxylic acids is 2. The number of hydrogen-bond acceptors (Lipinski definition) is 4. The van der Waals surface area contributed by atoms with Gasteiger partial charge in [-0.1, -0.05) is 81.4 Å². The summed E-state index contributed by atoms with van der Waals surface area (Å²) in [6.07, 6.45) is -0.343. The molecule has 0 fully saturated rings. The van der Waals surface area contributed by atoms with E-state index in [-0.39, 0.29) is 23.3 Å². The summed E-state index contributed by atoms with van der Waals surface area (Å²) < 4.78 is 6.29. The maximum atomic E-state index is 12.8. The minimum Gasteiger partial charge on any atom is -0.481 e. The quantitative estimate of drug-likeness (QED) is 0.387. The van der Waals surface area contributed by atoms with Gasteiger partial charge < -0.3 is 20.1 Å². The highest BCUT2D eigenvalue weighted by Crippen LogP contribution is 2.47. The van der Waals surface area contributed by atoms with Gasteiger partial charge in [-0.2, -0.15) is 0 Å². The molecule has 3 aromatic rings. The Hall–Kier alpha value is -3.42. The number of rotatable bonds is 9. The number of aliphatic hydroxyl groups is 1. The van der Waals surface area contributed by atoms with Crippen molar-refractivity contribution in [2.75, 3.05) is 0 Å². The van der Waals surface area contributed by atoms with Gasteiger partial charge in [-0.15, -0.1) is 0 Å². The van der Waals surface area contributed by atoms with Crippen LogP contribution in [-0.2, 0) is 26.6 Å². The van der Waals surface area contributed by atoms with Gasteiger partial charge in [-0.25, -0.2) is 0 Å². The Labute approximate surface area is 208 Å². The average molecular weight is 493 g/mol. The predicted molar refractivity (Wildman–Crippen MR) is 138 cm³/mol. The van der Waals surface area contributed by atoms with Gasteiger partial charge in [0, 0.05) is 27.3 Å². The summed E-state index contributed by atoms with van der Waals surface area (Å²) in [4.78, 5) is 24.9. The lowest BCUT2D eigenvalue weighted by molar-refractivity contribution is -0.142. The lowest BCUT2D eigenvalue weighted by Crippen LogP contribution is -2.44. The van der Waals surface area contributed by atoms with Crippen molar-refractivity contribution in [1.82, 2.24) is 0 Å². The van der Waals surface area contributed by atoms with Crippen molar-refractivity contribution in [2.24, 2.45) is 0 Å². The molecule has 0 aliphatic rings. The van der Waals surface area contributed by atoms with E-state index in [1.165, 1.54) is 0 Å². The zero-order chi connectivity index (χ0) is 25.8. The molecule has 0 saturated heterocycles. The Morgan fingerprint density at radius 3 is 2.06 bits per heavy atom. The number of carboxylic acids is 2. The number of para-hydroxylation sites is 1. The van der Waals surface area contributed by atoms with E-state index in [9.17, 15) is 24.9 Å². The fourth-order valence-corrected chi connectivity index (χ4v) is 5.48. The Morgan fingerprint density at radius 2 is 1.49 bits per heavy atom. The molecule has 35 heavy (non-hydrogen) atoms. The van der Waals surface area contributed by atoms with Gasteiger partial charge in [-0.3, -0.25) is 9.59 Å². The van der Waals surface area contributed by atoms with Crippen LogP contribution in [0.3, 0.4) is 0 Å². The second kappa shape index (κ2) is 10.5. The molecular formula is C28H32O6Si. The zero-order valence-corrected chi connectivity index (χ0v) is 22.5. The van der Waals surface area contributed by atoms with E-state index >= 15 is 0 Å². The molecule has 0 aliphatic heterocycles. The Morgan fingerprint density at radius 1 is 0.886 bits per heavy atom. The monoisotopic (exact) mass is 492 g/mol. The third-order valence-corrected chi connectivity index (χ3v) is 8.14. The summed E-state index contributed by atoms with van der Waals surface area (Å²) in [7, 11) is 0.186. The normalized spacial score (nSPS) is 14.2. The van der Waals surface area contributed by atoms with Crippen molar-refractivity contribution in [3.05, 3.63) is 95.1 Å². The van der Waals surface area contributed by atoms with E-state index in [2.05, 4.69) is 0 Å². The molecule has 0 spiro atoms. The largest absolute Gasteiger partial charge is 0.481 e. The Bertz CT molecular complexity index is 1200. The molecule has 0 bridgehead atoms. The molecule has 0 radical (unpaired) electrons. The van der Waals surface area contributed by atoms with E-state index in [4.69, 9.17) is 4.74 Å². The van der Waals surface area contributed by atoms with Crippen molar-refractivity contribution in [2.45, 2.75) is 50.2 Å². The predicted octanol–water partition coefficient (Wildman–Crippen LogP) is 4.17. The molecule has 0 amide bonds. The average Bonchev–Trinajstić information content (AvgIpc) is 2.82. The zero-order valence-electron chi connectivity index (χ0n) is 20.5. The molecule has 0 aromatic heterocycles. The van der Waals surface area contributed by atoms with Gasteiger partial charge in [0.1, 0.15) is 11.5 Å². The minimum absolute atomic E-state index is 0.186. The molecule has 3 rings (SSSR count). The van der Waals surface area contributed by atoms with Crippen LogP contribution >= 0.6 is 0 Å². The first-order valence-electron chi connectivity index (χ1n) is 11.5. The second-order valence-electron chi connectivity index (χ2n) is 9.86. The topological polar surface area (TPSA) is 104 Å². The van der Waals surface area contributed by atoms with Gasteiger partial charge in [-0.05, 0) is 28.7 Å². The standard InChI is InChI=1S/C28H32O6Si/c1-27(2,3)25-20(13-9-15-23(25)34-22-14-8-7-10-18(22)17-29)21(16-24(30)31)28(35,26(32)33)19-11-5-4-6-12-19/h4-15,21,29H,16-17H2,1-3,35H3,(H,30,31)(H,32,33). The number of ether oxygens (including phenoxy) is 1. The lowest BCUT2D eigenvalue weighted by atomic mass is 9.72. The van der Waals surface area contributed by atoms with Crippen LogP contribution in [-0.4, -0.2) is 37.5 Å². The van der Waals surface area contributed by atoms with Crippen molar-refractivity contribution >= 4 is 22.2 Å². The number of carbonyl (C=O) groups is 2. The molecule has 3 aromatic carbocycles. The van der Waals surface area contributed by atoms with Gasteiger partial charge in [0.2, 0.25) is 0 Å². The van der Waals surface area contributed by atoms with Crippen LogP contribution in [0.5, 0.6) is 11.5 Å². The fraction of sp³-hybridized carbons (Fsp3) is 0.286. The van der Waals surface area contributed by atoms with Crippen LogP contribution < -0.4 is 4.74 Å². The molecule has 0 aliphatic carbocycles. The van der Waals surface area contributed by atoms with E-state index in [0.717, 1.165) is 5.56 Å². The molecule has 0 heterocycles. The fourth-order valence-electron chi connectivity index (χ4n) is 4.64. The van der Waals surface area contributed by atoms with Crippen molar-refractivity contribution < 1.29 is 29.6 Å². The maximum absolute atomic E-state index is 12.8. The summed E-state index contributed by atoms with van der Waals surface area (Å²) in [5.41, 5.74) is 2.10. The first-order chi connectivity index (χ1) is 16.5. The summed E-state index contributed by atoms with van der Waals surface area (Å²) in [5.74, 6) is -1.93. The highest BCUT2D eigenvalue weighted by atomic mass is 28.1. The van der Waals surface area contributed by atoms with E-state index < -0.39 is 28.3 Å². The summed E-state index contributed by atoms with van der Waals surface area (Å²) >= 11 is 0. The first kappa shape index (κ1) is 26.2. The molecular weight excluding hydrogens is 460 g/mol. The smallest absolute Gasteiger partial charge is 0.310 e. The third-order valence-electron chi connectivity index (χ3n) is 6.44.